The van der Waals surface area contributed by atoms with E-state index in [9.17, 15) is 0 Å². The molecule has 24 heavy (non-hydrogen) atoms. The predicted octanol–water partition coefficient (Wildman–Crippen LogP) is 4.21. The molecule has 1 unspecified atom stereocenters. The van der Waals surface area contributed by atoms with Crippen molar-refractivity contribution in [2.45, 2.75) is 31.9 Å². The van der Waals surface area contributed by atoms with E-state index in [1.165, 1.54) is 17.4 Å². The van der Waals surface area contributed by atoms with Crippen molar-refractivity contribution in [3.63, 3.8) is 0 Å². The zero-order valence-electron chi connectivity index (χ0n) is 14.4. The summed E-state index contributed by atoms with van der Waals surface area (Å²) in [7, 11) is 0. The van der Waals surface area contributed by atoms with Gasteiger partial charge < -0.3 is 4.74 Å². The fourth-order valence-corrected chi connectivity index (χ4v) is 4.68. The molecule has 4 heterocycles. The zero-order chi connectivity index (χ0) is 16.5. The third-order valence-electron chi connectivity index (χ3n) is 5.80. The highest BCUT2D eigenvalue weighted by molar-refractivity contribution is 5.82. The van der Waals surface area contributed by atoms with Crippen LogP contribution in [-0.2, 0) is 4.74 Å². The molecule has 3 saturated heterocycles. The number of para-hydroxylation sites is 1. The second-order valence-corrected chi connectivity index (χ2v) is 7.03. The van der Waals surface area contributed by atoms with Crippen LogP contribution in [-0.4, -0.2) is 35.7 Å². The molecule has 3 fully saturated rings. The maximum atomic E-state index is 6.26. The minimum Gasteiger partial charge on any atom is -0.377 e. The summed E-state index contributed by atoms with van der Waals surface area (Å²) in [4.78, 5) is 7.17. The van der Waals surface area contributed by atoms with Crippen molar-refractivity contribution < 1.29 is 4.74 Å². The molecule has 2 bridgehead atoms. The molecule has 126 valence electrons. The van der Waals surface area contributed by atoms with Crippen LogP contribution in [0.4, 0.5) is 0 Å². The summed E-state index contributed by atoms with van der Waals surface area (Å²) in [5.41, 5.74) is 2.44. The largest absolute Gasteiger partial charge is 0.377 e. The number of pyridine rings is 1. The molecule has 0 aliphatic carbocycles. The second-order valence-electron chi connectivity index (χ2n) is 7.03. The number of aromatic nitrogens is 1. The fraction of sp³-hybridized carbons (Fsp3) is 0.476. The van der Waals surface area contributed by atoms with Crippen molar-refractivity contribution in [2.24, 2.45) is 11.8 Å². The Balaban J connectivity index is 1.81. The van der Waals surface area contributed by atoms with E-state index in [1.54, 1.807) is 0 Å². The Bertz CT molecular complexity index is 723. The molecular weight excluding hydrogens is 296 g/mol. The number of nitrogens with zero attached hydrogens (tertiary/aromatic N) is 2. The number of piperidine rings is 1. The molecule has 1 aromatic carbocycles. The quantitative estimate of drug-likeness (QED) is 0.789. The van der Waals surface area contributed by atoms with Gasteiger partial charge in [-0.2, -0.15) is 0 Å². The maximum absolute atomic E-state index is 6.26. The summed E-state index contributed by atoms with van der Waals surface area (Å²) < 4.78 is 6.26. The van der Waals surface area contributed by atoms with E-state index in [-0.39, 0.29) is 6.10 Å². The third-order valence-corrected chi connectivity index (χ3v) is 5.80. The van der Waals surface area contributed by atoms with Crippen LogP contribution < -0.4 is 0 Å². The lowest BCUT2D eigenvalue weighted by molar-refractivity contribution is 0.000649. The molecule has 0 spiro atoms. The molecule has 0 N–H and O–H groups in total. The van der Waals surface area contributed by atoms with Crippen molar-refractivity contribution in [1.82, 2.24) is 9.88 Å². The van der Waals surface area contributed by atoms with E-state index in [0.29, 0.717) is 17.9 Å². The van der Waals surface area contributed by atoms with E-state index < -0.39 is 0 Å². The Hall–Kier alpha value is -1.71. The van der Waals surface area contributed by atoms with Crippen LogP contribution in [0.5, 0.6) is 0 Å². The molecule has 3 aliphatic heterocycles. The van der Waals surface area contributed by atoms with Gasteiger partial charge in [-0.05, 0) is 55.8 Å². The average molecular weight is 322 g/mol. The van der Waals surface area contributed by atoms with Crippen LogP contribution in [0.25, 0.3) is 10.9 Å². The lowest BCUT2D eigenvalue weighted by Crippen LogP contribution is -2.40. The second kappa shape index (κ2) is 6.66. The summed E-state index contributed by atoms with van der Waals surface area (Å²) in [6.45, 7) is 9.21. The lowest BCUT2D eigenvalue weighted by atomic mass is 9.84. The summed E-state index contributed by atoms with van der Waals surface area (Å²) in [6.07, 6.45) is 6.73. The highest BCUT2D eigenvalue weighted by Gasteiger charge is 2.42. The first kappa shape index (κ1) is 15.8. The van der Waals surface area contributed by atoms with Gasteiger partial charge in [0.15, 0.2) is 0 Å². The standard InChI is InChI=1S/C21H26N2O/c1-3-15-14-23-12-10-16(15)13-20(24-4-2)21(23)18-9-11-22-19-8-6-5-7-17(18)19/h3,5-9,11,15-16,20-21H,1,4,10,12-14H2,2H3/t15-,16-,20+,21-/m0/s1. The van der Waals surface area contributed by atoms with Crippen LogP contribution in [0.2, 0.25) is 0 Å². The number of ether oxygens (including phenoxy) is 1. The van der Waals surface area contributed by atoms with Crippen molar-refractivity contribution in [2.75, 3.05) is 19.7 Å². The molecule has 0 amide bonds. The fourth-order valence-electron chi connectivity index (χ4n) is 4.68. The van der Waals surface area contributed by atoms with Gasteiger partial charge in [0.25, 0.3) is 0 Å². The van der Waals surface area contributed by atoms with Crippen molar-refractivity contribution in [3.8, 4) is 0 Å². The van der Waals surface area contributed by atoms with Crippen LogP contribution in [0.1, 0.15) is 31.4 Å². The van der Waals surface area contributed by atoms with Gasteiger partial charge in [0.1, 0.15) is 0 Å². The van der Waals surface area contributed by atoms with Crippen LogP contribution in [0.15, 0.2) is 49.2 Å². The minimum atomic E-state index is 0.248. The van der Waals surface area contributed by atoms with E-state index in [1.807, 2.05) is 6.20 Å². The number of hydrogen-bond acceptors (Lipinski definition) is 3. The highest BCUT2D eigenvalue weighted by atomic mass is 16.5. The maximum Gasteiger partial charge on any atom is 0.0774 e. The third kappa shape index (κ3) is 2.66. The van der Waals surface area contributed by atoms with Crippen LogP contribution in [0, 0.1) is 11.8 Å². The molecule has 5 rings (SSSR count). The first-order chi connectivity index (χ1) is 11.8. The monoisotopic (exact) mass is 322 g/mol. The van der Waals surface area contributed by atoms with Crippen molar-refractivity contribution in [3.05, 3.63) is 54.7 Å². The van der Waals surface area contributed by atoms with Gasteiger partial charge in [-0.1, -0.05) is 24.3 Å². The molecule has 5 atom stereocenters. The summed E-state index contributed by atoms with van der Waals surface area (Å²) in [6, 6.07) is 11.0. The minimum absolute atomic E-state index is 0.248. The molecule has 3 heteroatoms. The van der Waals surface area contributed by atoms with E-state index in [2.05, 4.69) is 59.8 Å². The molecular formula is C21H26N2O. The topological polar surface area (TPSA) is 25.4 Å². The normalized spacial score (nSPS) is 32.6. The SMILES string of the molecule is C=C[C@H]1CN2CC[C@H]1C[C@@H](OCC)[C@@H]2c1ccnc2ccccc12. The van der Waals surface area contributed by atoms with Crippen LogP contribution >= 0.6 is 0 Å². The zero-order valence-corrected chi connectivity index (χ0v) is 14.4. The van der Waals surface area contributed by atoms with Gasteiger partial charge in [-0.25, -0.2) is 0 Å². The smallest absolute Gasteiger partial charge is 0.0774 e. The Morgan fingerprint density at radius 2 is 2.21 bits per heavy atom. The number of fused-ring (bicyclic) bond motifs is 5. The predicted molar refractivity (Wildman–Crippen MR) is 97.9 cm³/mol. The first-order valence-electron chi connectivity index (χ1n) is 9.13. The molecule has 2 aromatic rings. The Morgan fingerprint density at radius 3 is 3.04 bits per heavy atom. The van der Waals surface area contributed by atoms with E-state index in [4.69, 9.17) is 4.74 Å². The summed E-state index contributed by atoms with van der Waals surface area (Å²) >= 11 is 0. The summed E-state index contributed by atoms with van der Waals surface area (Å²) in [5, 5.41) is 1.26. The van der Waals surface area contributed by atoms with E-state index >= 15 is 0 Å². The Morgan fingerprint density at radius 1 is 1.33 bits per heavy atom. The summed E-state index contributed by atoms with van der Waals surface area (Å²) in [5.74, 6) is 1.29. The van der Waals surface area contributed by atoms with Gasteiger partial charge in [0.05, 0.1) is 17.7 Å². The average Bonchev–Trinajstić information content (AvgIpc) is 2.88. The number of hydrogen-bond donors (Lipinski definition) is 0. The lowest BCUT2D eigenvalue weighted by Gasteiger charge is -2.37. The highest BCUT2D eigenvalue weighted by Crippen LogP contribution is 2.43. The molecule has 3 aliphatic rings. The molecule has 3 nitrogen and oxygen atoms in total. The van der Waals surface area contributed by atoms with Gasteiger partial charge in [0.2, 0.25) is 0 Å². The van der Waals surface area contributed by atoms with Gasteiger partial charge in [0, 0.05) is 24.7 Å². The van der Waals surface area contributed by atoms with E-state index in [0.717, 1.165) is 31.6 Å². The molecule has 1 aromatic heterocycles. The Kier molecular flexibility index (Phi) is 4.38. The van der Waals surface area contributed by atoms with Gasteiger partial charge in [-0.3, -0.25) is 9.88 Å². The number of rotatable bonds is 4. The van der Waals surface area contributed by atoms with Crippen molar-refractivity contribution >= 4 is 10.9 Å². The van der Waals surface area contributed by atoms with Gasteiger partial charge in [-0.15, -0.1) is 6.58 Å². The number of benzene rings is 1. The van der Waals surface area contributed by atoms with Gasteiger partial charge >= 0.3 is 0 Å². The molecule has 0 radical (unpaired) electrons. The van der Waals surface area contributed by atoms with Crippen molar-refractivity contribution in [1.29, 1.82) is 0 Å². The first-order valence-corrected chi connectivity index (χ1v) is 9.13. The van der Waals surface area contributed by atoms with Crippen LogP contribution in [0.3, 0.4) is 0 Å². The molecule has 0 saturated carbocycles. The Labute approximate surface area is 144 Å².